The van der Waals surface area contributed by atoms with Crippen LogP contribution in [0.25, 0.3) is 5.78 Å². The molecule has 0 saturated heterocycles. The summed E-state index contributed by atoms with van der Waals surface area (Å²) in [4.78, 5) is 21.9. The first-order valence-corrected chi connectivity index (χ1v) is 9.96. The molecule has 11 heteroatoms. The van der Waals surface area contributed by atoms with Gasteiger partial charge in [-0.15, -0.1) is 5.10 Å². The van der Waals surface area contributed by atoms with Gasteiger partial charge >= 0.3 is 6.18 Å². The molecule has 0 aliphatic rings. The van der Waals surface area contributed by atoms with E-state index in [1.165, 1.54) is 12.1 Å². The second-order valence-electron chi connectivity index (χ2n) is 7.74. The number of nitrogens with zero attached hydrogens (tertiary/aromatic N) is 5. The van der Waals surface area contributed by atoms with Crippen LogP contribution in [0.1, 0.15) is 40.8 Å². The Labute approximate surface area is 182 Å². The second kappa shape index (κ2) is 9.19. The summed E-state index contributed by atoms with van der Waals surface area (Å²) < 4.78 is 53.4. The molecular weight excluding hydrogens is 428 g/mol. The highest BCUT2D eigenvalue weighted by Gasteiger charge is 2.37. The number of halogens is 4. The molecule has 32 heavy (non-hydrogen) atoms. The van der Waals surface area contributed by atoms with Gasteiger partial charge in [-0.05, 0) is 57.6 Å². The van der Waals surface area contributed by atoms with Crippen molar-refractivity contribution in [2.75, 3.05) is 20.6 Å². The highest BCUT2D eigenvalue weighted by molar-refractivity contribution is 5.76. The molecule has 0 radical (unpaired) electrons. The number of rotatable bonds is 7. The number of benzene rings is 1. The van der Waals surface area contributed by atoms with Gasteiger partial charge in [0.1, 0.15) is 5.82 Å². The van der Waals surface area contributed by atoms with Gasteiger partial charge in [-0.3, -0.25) is 4.79 Å². The van der Waals surface area contributed by atoms with Crippen molar-refractivity contribution in [1.82, 2.24) is 29.8 Å². The molecule has 1 amide bonds. The number of aryl methyl sites for hydroxylation is 2. The Morgan fingerprint density at radius 3 is 2.56 bits per heavy atom. The zero-order chi connectivity index (χ0) is 23.6. The maximum atomic E-state index is 13.6. The van der Waals surface area contributed by atoms with Crippen LogP contribution < -0.4 is 5.32 Å². The fourth-order valence-electron chi connectivity index (χ4n) is 3.54. The minimum absolute atomic E-state index is 0.110. The van der Waals surface area contributed by atoms with Gasteiger partial charge in [0.15, 0.2) is 0 Å². The molecule has 7 nitrogen and oxygen atoms in total. The molecule has 0 spiro atoms. The highest BCUT2D eigenvalue weighted by Crippen LogP contribution is 2.27. The van der Waals surface area contributed by atoms with E-state index in [-0.39, 0.29) is 42.9 Å². The second-order valence-corrected chi connectivity index (χ2v) is 7.74. The third-order valence-electron chi connectivity index (χ3n) is 5.25. The summed E-state index contributed by atoms with van der Waals surface area (Å²) in [6, 6.07) is 5.98. The number of amides is 1. The lowest BCUT2D eigenvalue weighted by molar-refractivity contribution is -0.144. The first-order valence-electron chi connectivity index (χ1n) is 9.96. The largest absolute Gasteiger partial charge is 0.453 e. The number of nitrogens with one attached hydrogen (secondary N) is 1. The van der Waals surface area contributed by atoms with E-state index in [9.17, 15) is 22.4 Å². The molecule has 3 rings (SSSR count). The lowest BCUT2D eigenvalue weighted by atomic mass is 10.0. The Balaban J connectivity index is 1.69. The predicted octanol–water partition coefficient (Wildman–Crippen LogP) is 3.25. The van der Waals surface area contributed by atoms with Crippen molar-refractivity contribution in [1.29, 1.82) is 0 Å². The number of hydrogen-bond acceptors (Lipinski definition) is 5. The van der Waals surface area contributed by atoms with Crippen LogP contribution in [0, 0.1) is 19.7 Å². The molecule has 0 aliphatic heterocycles. The number of fused-ring (bicyclic) bond motifs is 1. The van der Waals surface area contributed by atoms with Crippen molar-refractivity contribution < 1.29 is 22.4 Å². The molecule has 1 atom stereocenters. The SMILES string of the molecule is Cc1nc2nc(C(F)(F)F)nn2c(C)c1CCC(=O)NCC(c1cccc(F)c1)N(C)C. The fourth-order valence-corrected chi connectivity index (χ4v) is 3.54. The van der Waals surface area contributed by atoms with Crippen LogP contribution in [0.4, 0.5) is 17.6 Å². The summed E-state index contributed by atoms with van der Waals surface area (Å²) in [5.74, 6) is -1.98. The molecule has 3 aromatic rings. The van der Waals surface area contributed by atoms with Crippen LogP contribution in [0.2, 0.25) is 0 Å². The van der Waals surface area contributed by atoms with E-state index in [1.54, 1.807) is 26.0 Å². The van der Waals surface area contributed by atoms with Crippen LogP contribution in [0.5, 0.6) is 0 Å². The van der Waals surface area contributed by atoms with Crippen LogP contribution in [0.3, 0.4) is 0 Å². The third kappa shape index (κ3) is 5.21. The van der Waals surface area contributed by atoms with Gasteiger partial charge in [-0.25, -0.2) is 13.9 Å². The first-order chi connectivity index (χ1) is 15.0. The van der Waals surface area contributed by atoms with Crippen molar-refractivity contribution >= 4 is 11.7 Å². The van der Waals surface area contributed by atoms with Crippen LogP contribution >= 0.6 is 0 Å². The van der Waals surface area contributed by atoms with Gasteiger partial charge in [0.25, 0.3) is 11.6 Å². The quantitative estimate of drug-likeness (QED) is 0.557. The van der Waals surface area contributed by atoms with Gasteiger partial charge in [0, 0.05) is 24.4 Å². The zero-order valence-corrected chi connectivity index (χ0v) is 18.2. The van der Waals surface area contributed by atoms with E-state index in [4.69, 9.17) is 0 Å². The van der Waals surface area contributed by atoms with Crippen molar-refractivity contribution in [2.24, 2.45) is 0 Å². The van der Waals surface area contributed by atoms with E-state index in [0.29, 0.717) is 17.0 Å². The predicted molar refractivity (Wildman–Crippen MR) is 109 cm³/mol. The summed E-state index contributed by atoms with van der Waals surface area (Å²) >= 11 is 0. The monoisotopic (exact) mass is 452 g/mol. The normalized spacial score (nSPS) is 13.0. The Morgan fingerprint density at radius 2 is 1.94 bits per heavy atom. The summed E-state index contributed by atoms with van der Waals surface area (Å²) in [6.45, 7) is 3.56. The van der Waals surface area contributed by atoms with Crippen molar-refractivity contribution in [2.45, 2.75) is 38.9 Å². The average Bonchev–Trinajstić information content (AvgIpc) is 3.12. The maximum Gasteiger partial charge on any atom is 0.453 e. The molecule has 172 valence electrons. The molecular formula is C21H24F4N6O. The summed E-state index contributed by atoms with van der Waals surface area (Å²) in [7, 11) is 3.67. The van der Waals surface area contributed by atoms with Crippen molar-refractivity contribution in [3.63, 3.8) is 0 Å². The average molecular weight is 452 g/mol. The molecule has 2 aromatic heterocycles. The Hall–Kier alpha value is -3.08. The van der Waals surface area contributed by atoms with Crippen molar-refractivity contribution in [3.05, 3.63) is 58.4 Å². The first kappa shape index (κ1) is 23.6. The van der Waals surface area contributed by atoms with Crippen LogP contribution in [0.15, 0.2) is 24.3 Å². The number of likely N-dealkylation sites (N-methyl/N-ethyl adjacent to an activating group) is 1. The topological polar surface area (TPSA) is 75.4 Å². The van der Waals surface area contributed by atoms with E-state index in [2.05, 4.69) is 20.4 Å². The van der Waals surface area contributed by atoms with Gasteiger partial charge in [0.05, 0.1) is 6.04 Å². The number of carbonyl (C=O) groups is 1. The summed E-state index contributed by atoms with van der Waals surface area (Å²) in [5, 5.41) is 6.36. The summed E-state index contributed by atoms with van der Waals surface area (Å²) in [6.07, 6.45) is -4.28. The summed E-state index contributed by atoms with van der Waals surface area (Å²) in [5.41, 5.74) is 2.33. The molecule has 1 unspecified atom stereocenters. The third-order valence-corrected chi connectivity index (χ3v) is 5.25. The zero-order valence-electron chi connectivity index (χ0n) is 18.2. The molecule has 0 aliphatic carbocycles. The van der Waals surface area contributed by atoms with E-state index in [0.717, 1.165) is 10.1 Å². The number of carbonyl (C=O) groups excluding carboxylic acids is 1. The van der Waals surface area contributed by atoms with Gasteiger partial charge < -0.3 is 10.2 Å². The smallest absolute Gasteiger partial charge is 0.354 e. The molecule has 0 saturated carbocycles. The Bertz CT molecular complexity index is 1130. The highest BCUT2D eigenvalue weighted by atomic mass is 19.4. The lowest BCUT2D eigenvalue weighted by Crippen LogP contribution is -2.34. The molecule has 1 aromatic carbocycles. The minimum Gasteiger partial charge on any atom is -0.354 e. The van der Waals surface area contributed by atoms with E-state index < -0.39 is 12.0 Å². The molecule has 1 N–H and O–H groups in total. The Morgan fingerprint density at radius 1 is 1.22 bits per heavy atom. The maximum absolute atomic E-state index is 13.6. The Kier molecular flexibility index (Phi) is 6.77. The van der Waals surface area contributed by atoms with Crippen LogP contribution in [-0.2, 0) is 17.4 Å². The number of hydrogen-bond donors (Lipinski definition) is 1. The van der Waals surface area contributed by atoms with Gasteiger partial charge in [-0.1, -0.05) is 12.1 Å². The van der Waals surface area contributed by atoms with Crippen LogP contribution in [-0.4, -0.2) is 51.0 Å². The van der Waals surface area contributed by atoms with E-state index >= 15 is 0 Å². The molecule has 2 heterocycles. The van der Waals surface area contributed by atoms with E-state index in [1.807, 2.05) is 19.0 Å². The standard InChI is InChI=1S/C21H24F4N6O/c1-12-16(13(2)31-20(27-12)28-19(29-31)21(23,24)25)8-9-18(32)26-11-17(30(3)4)14-6-5-7-15(22)10-14/h5-7,10,17H,8-9,11H2,1-4H3,(H,26,32). The van der Waals surface area contributed by atoms with Crippen molar-refractivity contribution in [3.8, 4) is 0 Å². The molecule has 0 fully saturated rings. The minimum atomic E-state index is -4.67. The fraction of sp³-hybridized carbons (Fsp3) is 0.429. The van der Waals surface area contributed by atoms with Gasteiger partial charge in [0.2, 0.25) is 5.91 Å². The number of aromatic nitrogens is 4. The van der Waals surface area contributed by atoms with Gasteiger partial charge in [-0.2, -0.15) is 18.2 Å². The lowest BCUT2D eigenvalue weighted by Gasteiger charge is -2.25. The number of alkyl halides is 3. The molecule has 0 bridgehead atoms.